The molecule has 1 aliphatic heterocycles. The molecule has 0 aromatic heterocycles. The minimum atomic E-state index is 0.0619. The van der Waals surface area contributed by atoms with Gasteiger partial charge in [0.15, 0.2) is 0 Å². The number of anilines is 1. The van der Waals surface area contributed by atoms with Crippen LogP contribution in [0, 0.1) is 5.92 Å². The fourth-order valence-electron chi connectivity index (χ4n) is 2.72. The van der Waals surface area contributed by atoms with E-state index < -0.39 is 0 Å². The van der Waals surface area contributed by atoms with Crippen LogP contribution < -0.4 is 10.2 Å². The summed E-state index contributed by atoms with van der Waals surface area (Å²) in [4.78, 5) is 2.49. The average Bonchev–Trinajstić information content (AvgIpc) is 2.39. The van der Waals surface area contributed by atoms with Crippen LogP contribution in [-0.4, -0.2) is 31.8 Å². The topological polar surface area (TPSA) is 24.5 Å². The number of hydrogen-bond donors (Lipinski definition) is 1. The van der Waals surface area contributed by atoms with Crippen molar-refractivity contribution < 1.29 is 4.74 Å². The number of hydrogen-bond acceptors (Lipinski definition) is 3. The first-order valence-corrected chi connectivity index (χ1v) is 7.65. The Balaban J connectivity index is 2.14. The first kappa shape index (κ1) is 15.3. The van der Waals surface area contributed by atoms with Gasteiger partial charge in [0.1, 0.15) is 0 Å². The number of morpholine rings is 1. The van der Waals surface area contributed by atoms with Crippen LogP contribution in [0.15, 0.2) is 24.3 Å². The van der Waals surface area contributed by atoms with Gasteiger partial charge >= 0.3 is 0 Å². The van der Waals surface area contributed by atoms with Crippen molar-refractivity contribution in [3.05, 3.63) is 29.8 Å². The molecule has 3 nitrogen and oxygen atoms in total. The highest BCUT2D eigenvalue weighted by Crippen LogP contribution is 2.29. The molecule has 0 aliphatic carbocycles. The van der Waals surface area contributed by atoms with Crippen molar-refractivity contribution >= 4 is 5.69 Å². The first-order chi connectivity index (χ1) is 9.50. The van der Waals surface area contributed by atoms with Crippen molar-refractivity contribution in [2.24, 2.45) is 5.92 Å². The van der Waals surface area contributed by atoms with Gasteiger partial charge < -0.3 is 15.0 Å². The summed E-state index contributed by atoms with van der Waals surface area (Å²) in [6.07, 6.45) is 0. The van der Waals surface area contributed by atoms with Gasteiger partial charge in [0.25, 0.3) is 0 Å². The molecule has 0 unspecified atom stereocenters. The predicted octanol–water partition coefficient (Wildman–Crippen LogP) is 3.05. The molecular formula is C17H28N2O. The summed E-state index contributed by atoms with van der Waals surface area (Å²) in [6, 6.07) is 8.73. The smallest absolute Gasteiger partial charge is 0.0694 e. The van der Waals surface area contributed by atoms with Gasteiger partial charge in [0, 0.05) is 18.8 Å². The molecule has 1 saturated heterocycles. The standard InChI is InChI=1S/C17H28N2O/c1-14(2)11-18-12-15-7-5-6-8-16(15)19-9-10-20-13-17(19,3)4/h5-8,14,18H,9-13H2,1-4H3. The number of ether oxygens (including phenoxy) is 1. The molecule has 0 spiro atoms. The second-order valence-corrected chi connectivity index (χ2v) is 6.67. The Hall–Kier alpha value is -1.06. The lowest BCUT2D eigenvalue weighted by Crippen LogP contribution is -2.53. The van der Waals surface area contributed by atoms with Crippen LogP contribution in [0.2, 0.25) is 0 Å². The Morgan fingerprint density at radius 1 is 1.30 bits per heavy atom. The highest BCUT2D eigenvalue weighted by Gasteiger charge is 2.31. The van der Waals surface area contributed by atoms with Gasteiger partial charge in [-0.25, -0.2) is 0 Å². The van der Waals surface area contributed by atoms with E-state index >= 15 is 0 Å². The van der Waals surface area contributed by atoms with Crippen molar-refractivity contribution in [3.8, 4) is 0 Å². The minimum absolute atomic E-state index is 0.0619. The maximum Gasteiger partial charge on any atom is 0.0694 e. The maximum atomic E-state index is 5.63. The summed E-state index contributed by atoms with van der Waals surface area (Å²) < 4.78 is 5.63. The summed E-state index contributed by atoms with van der Waals surface area (Å²) in [5.74, 6) is 0.682. The molecule has 0 saturated carbocycles. The summed E-state index contributed by atoms with van der Waals surface area (Å²) in [5, 5.41) is 3.55. The summed E-state index contributed by atoms with van der Waals surface area (Å²) >= 11 is 0. The van der Waals surface area contributed by atoms with Crippen molar-refractivity contribution in [2.45, 2.75) is 39.8 Å². The van der Waals surface area contributed by atoms with Crippen LogP contribution in [0.5, 0.6) is 0 Å². The fourth-order valence-corrected chi connectivity index (χ4v) is 2.72. The van der Waals surface area contributed by atoms with E-state index in [0.717, 1.165) is 32.8 Å². The van der Waals surface area contributed by atoms with E-state index in [9.17, 15) is 0 Å². The van der Waals surface area contributed by atoms with E-state index in [1.165, 1.54) is 11.3 Å². The molecule has 1 N–H and O–H groups in total. The van der Waals surface area contributed by atoms with Crippen molar-refractivity contribution in [3.63, 3.8) is 0 Å². The van der Waals surface area contributed by atoms with Gasteiger partial charge in [-0.15, -0.1) is 0 Å². The van der Waals surface area contributed by atoms with E-state index in [-0.39, 0.29) is 5.54 Å². The molecule has 1 aromatic rings. The molecule has 1 fully saturated rings. The van der Waals surface area contributed by atoms with Crippen molar-refractivity contribution in [2.75, 3.05) is 31.2 Å². The summed E-state index contributed by atoms with van der Waals surface area (Å²) in [6.45, 7) is 13.6. The van der Waals surface area contributed by atoms with Crippen LogP contribution in [0.1, 0.15) is 33.3 Å². The van der Waals surface area contributed by atoms with Crippen molar-refractivity contribution in [1.82, 2.24) is 5.32 Å². The van der Waals surface area contributed by atoms with Crippen LogP contribution in [0.4, 0.5) is 5.69 Å². The summed E-state index contributed by atoms with van der Waals surface area (Å²) in [7, 11) is 0. The Bertz CT molecular complexity index is 429. The van der Waals surface area contributed by atoms with Crippen LogP contribution in [0.3, 0.4) is 0 Å². The molecule has 20 heavy (non-hydrogen) atoms. The van der Waals surface area contributed by atoms with Crippen LogP contribution in [-0.2, 0) is 11.3 Å². The van der Waals surface area contributed by atoms with E-state index in [1.54, 1.807) is 0 Å². The molecule has 0 bridgehead atoms. The van der Waals surface area contributed by atoms with E-state index in [4.69, 9.17) is 4.74 Å². The largest absolute Gasteiger partial charge is 0.377 e. The molecule has 1 aliphatic rings. The zero-order valence-electron chi connectivity index (χ0n) is 13.3. The SMILES string of the molecule is CC(C)CNCc1ccccc1N1CCOCC1(C)C. The Labute approximate surface area is 123 Å². The van der Waals surface area contributed by atoms with Crippen LogP contribution in [0.25, 0.3) is 0 Å². The highest BCUT2D eigenvalue weighted by molar-refractivity contribution is 5.56. The van der Waals surface area contributed by atoms with Crippen molar-refractivity contribution in [1.29, 1.82) is 0 Å². The molecule has 3 heteroatoms. The van der Waals surface area contributed by atoms with Gasteiger partial charge in [0.2, 0.25) is 0 Å². The molecule has 1 heterocycles. The van der Waals surface area contributed by atoms with Gasteiger partial charge in [-0.3, -0.25) is 0 Å². The molecular weight excluding hydrogens is 248 g/mol. The number of nitrogens with zero attached hydrogens (tertiary/aromatic N) is 1. The fraction of sp³-hybridized carbons (Fsp3) is 0.647. The molecule has 0 atom stereocenters. The third kappa shape index (κ3) is 3.74. The average molecular weight is 276 g/mol. The highest BCUT2D eigenvalue weighted by atomic mass is 16.5. The Morgan fingerprint density at radius 2 is 2.05 bits per heavy atom. The zero-order chi connectivity index (χ0) is 14.6. The maximum absolute atomic E-state index is 5.63. The van der Waals surface area contributed by atoms with E-state index in [0.29, 0.717) is 5.92 Å². The van der Waals surface area contributed by atoms with Gasteiger partial charge in [-0.2, -0.15) is 0 Å². The first-order valence-electron chi connectivity index (χ1n) is 7.65. The van der Waals surface area contributed by atoms with E-state index in [2.05, 4.69) is 62.2 Å². The minimum Gasteiger partial charge on any atom is -0.377 e. The number of nitrogens with one attached hydrogen (secondary N) is 1. The quantitative estimate of drug-likeness (QED) is 0.894. The zero-order valence-corrected chi connectivity index (χ0v) is 13.3. The molecule has 2 rings (SSSR count). The second-order valence-electron chi connectivity index (χ2n) is 6.67. The molecule has 0 amide bonds. The predicted molar refractivity (Wildman–Crippen MR) is 85.2 cm³/mol. The number of para-hydroxylation sites is 1. The third-order valence-corrected chi connectivity index (χ3v) is 3.80. The Kier molecular flexibility index (Phi) is 5.06. The monoisotopic (exact) mass is 276 g/mol. The van der Waals surface area contributed by atoms with E-state index in [1.807, 2.05) is 0 Å². The lowest BCUT2D eigenvalue weighted by Gasteiger charge is -2.44. The van der Waals surface area contributed by atoms with Crippen LogP contribution >= 0.6 is 0 Å². The molecule has 112 valence electrons. The number of rotatable bonds is 5. The van der Waals surface area contributed by atoms with Gasteiger partial charge in [-0.1, -0.05) is 32.0 Å². The third-order valence-electron chi connectivity index (χ3n) is 3.80. The lowest BCUT2D eigenvalue weighted by atomic mass is 9.99. The normalized spacial score (nSPS) is 18.6. The molecule has 1 aromatic carbocycles. The number of benzene rings is 1. The van der Waals surface area contributed by atoms with Gasteiger partial charge in [0.05, 0.1) is 18.8 Å². The lowest BCUT2D eigenvalue weighted by molar-refractivity contribution is 0.0643. The summed E-state index contributed by atoms with van der Waals surface area (Å²) in [5.41, 5.74) is 2.78. The second kappa shape index (κ2) is 6.59. The molecule has 0 radical (unpaired) electrons. The Morgan fingerprint density at radius 3 is 2.75 bits per heavy atom. The van der Waals surface area contributed by atoms with Gasteiger partial charge in [-0.05, 0) is 37.9 Å².